The van der Waals surface area contributed by atoms with Crippen molar-refractivity contribution in [2.45, 2.75) is 0 Å². The zero-order valence-electron chi connectivity index (χ0n) is 13.7. The molecule has 0 amide bonds. The smallest absolute Gasteiger partial charge is 0.134 e. The third-order valence-corrected chi connectivity index (χ3v) is 4.45. The Bertz CT molecular complexity index is 949. The standard InChI is InChI=1S/C21H16N2OS/c1-24-19-12-6-10-17(13-19)20-15-25-21(23-20)18(14-22)11-5-9-16-7-3-2-4-8-16/h2-13,15H,1H3/b9-5+,18-11-. The zero-order valence-corrected chi connectivity index (χ0v) is 14.5. The van der Waals surface area contributed by atoms with Gasteiger partial charge in [0.2, 0.25) is 0 Å². The predicted octanol–water partition coefficient (Wildman–Crippen LogP) is 5.44. The van der Waals surface area contributed by atoms with Gasteiger partial charge in [0, 0.05) is 10.9 Å². The molecule has 0 radical (unpaired) electrons. The van der Waals surface area contributed by atoms with E-state index in [1.165, 1.54) is 11.3 Å². The third kappa shape index (κ3) is 4.23. The molecule has 0 spiro atoms. The van der Waals surface area contributed by atoms with Crippen LogP contribution in [0.15, 0.2) is 72.1 Å². The summed E-state index contributed by atoms with van der Waals surface area (Å²) >= 11 is 1.46. The van der Waals surface area contributed by atoms with Crippen molar-refractivity contribution >= 4 is 23.0 Å². The molecule has 0 unspecified atom stereocenters. The Balaban J connectivity index is 1.83. The van der Waals surface area contributed by atoms with Crippen LogP contribution in [0, 0.1) is 11.3 Å². The van der Waals surface area contributed by atoms with Gasteiger partial charge in [0.15, 0.2) is 0 Å². The van der Waals surface area contributed by atoms with E-state index in [0.717, 1.165) is 22.6 Å². The fraction of sp³-hybridized carbons (Fsp3) is 0.0476. The van der Waals surface area contributed by atoms with Gasteiger partial charge in [-0.05, 0) is 23.8 Å². The van der Waals surface area contributed by atoms with Gasteiger partial charge in [-0.1, -0.05) is 54.6 Å². The number of allylic oxidation sites excluding steroid dienone is 3. The first kappa shape index (κ1) is 16.7. The summed E-state index contributed by atoms with van der Waals surface area (Å²) in [5, 5.41) is 12.1. The summed E-state index contributed by atoms with van der Waals surface area (Å²) in [6, 6.07) is 19.9. The number of rotatable bonds is 5. The van der Waals surface area contributed by atoms with Gasteiger partial charge in [-0.3, -0.25) is 0 Å². The minimum absolute atomic E-state index is 0.548. The molecule has 3 aromatic rings. The van der Waals surface area contributed by atoms with Gasteiger partial charge in [0.25, 0.3) is 0 Å². The molecule has 0 aliphatic rings. The topological polar surface area (TPSA) is 45.9 Å². The van der Waals surface area contributed by atoms with Crippen LogP contribution >= 0.6 is 11.3 Å². The van der Waals surface area contributed by atoms with Crippen LogP contribution in [0.4, 0.5) is 0 Å². The summed E-state index contributed by atoms with van der Waals surface area (Å²) in [5.74, 6) is 0.786. The fourth-order valence-corrected chi connectivity index (χ4v) is 3.09. The van der Waals surface area contributed by atoms with Crippen LogP contribution < -0.4 is 4.74 Å². The average Bonchev–Trinajstić information content (AvgIpc) is 3.16. The van der Waals surface area contributed by atoms with Gasteiger partial charge in [0.1, 0.15) is 16.8 Å². The van der Waals surface area contributed by atoms with Gasteiger partial charge in [-0.2, -0.15) is 5.26 Å². The first-order chi connectivity index (χ1) is 12.3. The molecule has 122 valence electrons. The van der Waals surface area contributed by atoms with E-state index in [2.05, 4.69) is 11.1 Å². The van der Waals surface area contributed by atoms with Crippen LogP contribution in [-0.2, 0) is 0 Å². The van der Waals surface area contributed by atoms with Crippen LogP contribution in [0.2, 0.25) is 0 Å². The Hall–Kier alpha value is -3.16. The van der Waals surface area contributed by atoms with Crippen molar-refractivity contribution in [2.75, 3.05) is 7.11 Å². The largest absolute Gasteiger partial charge is 0.497 e. The molecule has 0 fully saturated rings. The van der Waals surface area contributed by atoms with Crippen molar-refractivity contribution in [1.82, 2.24) is 4.98 Å². The molecule has 3 rings (SSSR count). The Labute approximate surface area is 151 Å². The maximum atomic E-state index is 9.43. The number of ether oxygens (including phenoxy) is 1. The van der Waals surface area contributed by atoms with Crippen molar-refractivity contribution in [2.24, 2.45) is 0 Å². The summed E-state index contributed by atoms with van der Waals surface area (Å²) in [7, 11) is 1.64. The van der Waals surface area contributed by atoms with E-state index in [-0.39, 0.29) is 0 Å². The normalized spacial score (nSPS) is 11.4. The lowest BCUT2D eigenvalue weighted by Crippen LogP contribution is -1.85. The van der Waals surface area contributed by atoms with Crippen molar-refractivity contribution in [3.05, 3.63) is 82.7 Å². The number of nitriles is 1. The number of thiazole rings is 1. The highest BCUT2D eigenvalue weighted by Crippen LogP contribution is 2.28. The lowest BCUT2D eigenvalue weighted by Gasteiger charge is -2.01. The van der Waals surface area contributed by atoms with E-state index in [1.54, 1.807) is 13.2 Å². The van der Waals surface area contributed by atoms with Crippen LogP contribution in [-0.4, -0.2) is 12.1 Å². The first-order valence-electron chi connectivity index (χ1n) is 7.74. The summed E-state index contributed by atoms with van der Waals surface area (Å²) < 4.78 is 5.25. The van der Waals surface area contributed by atoms with Gasteiger partial charge in [-0.25, -0.2) is 4.98 Å². The molecular weight excluding hydrogens is 328 g/mol. The van der Waals surface area contributed by atoms with E-state index in [0.29, 0.717) is 10.6 Å². The van der Waals surface area contributed by atoms with Crippen LogP contribution in [0.25, 0.3) is 22.9 Å². The van der Waals surface area contributed by atoms with E-state index < -0.39 is 0 Å². The predicted molar refractivity (Wildman–Crippen MR) is 103 cm³/mol. The lowest BCUT2D eigenvalue weighted by molar-refractivity contribution is 0.415. The van der Waals surface area contributed by atoms with Crippen molar-refractivity contribution < 1.29 is 4.74 Å². The van der Waals surface area contributed by atoms with Gasteiger partial charge in [-0.15, -0.1) is 11.3 Å². The molecule has 0 saturated heterocycles. The average molecular weight is 344 g/mol. The van der Waals surface area contributed by atoms with Crippen LogP contribution in [0.5, 0.6) is 5.75 Å². The zero-order chi connectivity index (χ0) is 17.5. The monoisotopic (exact) mass is 344 g/mol. The number of hydrogen-bond donors (Lipinski definition) is 0. The minimum Gasteiger partial charge on any atom is -0.497 e. The molecule has 2 aromatic carbocycles. The van der Waals surface area contributed by atoms with Crippen LogP contribution in [0.3, 0.4) is 0 Å². The summed E-state index contributed by atoms with van der Waals surface area (Å²) in [4.78, 5) is 4.59. The minimum atomic E-state index is 0.548. The Morgan fingerprint density at radius 1 is 1.16 bits per heavy atom. The Morgan fingerprint density at radius 2 is 2.00 bits per heavy atom. The first-order valence-corrected chi connectivity index (χ1v) is 8.62. The fourth-order valence-electron chi connectivity index (χ4n) is 2.29. The maximum Gasteiger partial charge on any atom is 0.134 e. The second-order valence-corrected chi connectivity index (χ2v) is 6.09. The molecule has 4 heteroatoms. The van der Waals surface area contributed by atoms with E-state index in [4.69, 9.17) is 4.74 Å². The molecule has 1 heterocycles. The molecule has 0 aliphatic carbocycles. The maximum absolute atomic E-state index is 9.43. The highest BCUT2D eigenvalue weighted by molar-refractivity contribution is 7.11. The number of methoxy groups -OCH3 is 1. The second kappa shape index (κ2) is 8.09. The SMILES string of the molecule is COc1cccc(-c2csc(/C(C#N)=C\C=C\c3ccccc3)n2)c1. The Kier molecular flexibility index (Phi) is 5.40. The van der Waals surface area contributed by atoms with E-state index >= 15 is 0 Å². The lowest BCUT2D eigenvalue weighted by atomic mass is 10.1. The summed E-state index contributed by atoms with van der Waals surface area (Å²) in [6.07, 6.45) is 5.63. The number of hydrogen-bond acceptors (Lipinski definition) is 4. The molecule has 25 heavy (non-hydrogen) atoms. The van der Waals surface area contributed by atoms with E-state index in [9.17, 15) is 5.26 Å². The highest BCUT2D eigenvalue weighted by Gasteiger charge is 2.08. The third-order valence-electron chi connectivity index (χ3n) is 3.57. The van der Waals surface area contributed by atoms with Crippen molar-refractivity contribution in [3.8, 4) is 23.1 Å². The quantitative estimate of drug-likeness (QED) is 0.457. The molecule has 1 aromatic heterocycles. The molecule has 0 atom stereocenters. The molecular formula is C21H16N2OS. The van der Waals surface area contributed by atoms with Crippen molar-refractivity contribution in [1.29, 1.82) is 5.26 Å². The van der Waals surface area contributed by atoms with Crippen molar-refractivity contribution in [3.63, 3.8) is 0 Å². The molecule has 0 aliphatic heterocycles. The molecule has 0 saturated carbocycles. The van der Waals surface area contributed by atoms with E-state index in [1.807, 2.05) is 72.1 Å². The highest BCUT2D eigenvalue weighted by atomic mass is 32.1. The number of nitrogens with zero attached hydrogens (tertiary/aromatic N) is 2. The van der Waals surface area contributed by atoms with Crippen LogP contribution in [0.1, 0.15) is 10.6 Å². The van der Waals surface area contributed by atoms with Gasteiger partial charge < -0.3 is 4.74 Å². The van der Waals surface area contributed by atoms with Gasteiger partial charge >= 0.3 is 0 Å². The summed E-state index contributed by atoms with van der Waals surface area (Å²) in [5.41, 5.74) is 3.45. The number of aromatic nitrogens is 1. The molecule has 0 N–H and O–H groups in total. The molecule has 0 bridgehead atoms. The Morgan fingerprint density at radius 3 is 2.76 bits per heavy atom. The molecule has 3 nitrogen and oxygen atoms in total. The second-order valence-electron chi connectivity index (χ2n) is 5.23. The summed E-state index contributed by atoms with van der Waals surface area (Å²) in [6.45, 7) is 0. The van der Waals surface area contributed by atoms with Gasteiger partial charge in [0.05, 0.1) is 18.4 Å². The number of benzene rings is 2.